The lowest BCUT2D eigenvalue weighted by molar-refractivity contribution is 0.0860. The first-order valence-electron chi connectivity index (χ1n) is 9.30. The summed E-state index contributed by atoms with van der Waals surface area (Å²) in [6.45, 7) is 3.50. The van der Waals surface area contributed by atoms with Crippen molar-refractivity contribution in [2.45, 2.75) is 31.7 Å². The highest BCUT2D eigenvalue weighted by Crippen LogP contribution is 2.46. The summed E-state index contributed by atoms with van der Waals surface area (Å²) in [4.78, 5) is 28.0. The molecule has 1 aromatic rings. The minimum Gasteiger partial charge on any atom is -0.366 e. The second kappa shape index (κ2) is 6.67. The number of rotatable bonds is 3. The van der Waals surface area contributed by atoms with Crippen LogP contribution in [0.15, 0.2) is 24.3 Å². The van der Waals surface area contributed by atoms with Crippen LogP contribution in [0.2, 0.25) is 0 Å². The molecule has 3 atom stereocenters. The van der Waals surface area contributed by atoms with E-state index in [2.05, 4.69) is 10.2 Å². The van der Waals surface area contributed by atoms with E-state index in [1.807, 2.05) is 4.90 Å². The quantitative estimate of drug-likeness (QED) is 0.883. The normalized spacial score (nSPS) is 29.0. The van der Waals surface area contributed by atoms with Crippen LogP contribution in [0.1, 0.15) is 36.0 Å². The highest BCUT2D eigenvalue weighted by atomic mass is 16.2. The molecule has 1 heterocycles. The third kappa shape index (κ3) is 3.35. The molecule has 3 N–H and O–H groups in total. The molecule has 3 amide bonds. The lowest BCUT2D eigenvalue weighted by atomic mass is 9.93. The summed E-state index contributed by atoms with van der Waals surface area (Å²) in [5, 5.41) is 2.91. The van der Waals surface area contributed by atoms with Crippen LogP contribution in [0, 0.1) is 11.8 Å². The van der Waals surface area contributed by atoms with Crippen LogP contribution in [0.3, 0.4) is 0 Å². The molecule has 1 aromatic carbocycles. The number of amides is 3. The van der Waals surface area contributed by atoms with Crippen LogP contribution in [0.5, 0.6) is 0 Å². The molecule has 2 saturated carbocycles. The first-order valence-corrected chi connectivity index (χ1v) is 9.30. The van der Waals surface area contributed by atoms with Crippen molar-refractivity contribution in [1.82, 2.24) is 9.80 Å². The molecule has 2 aliphatic carbocycles. The molecule has 2 bridgehead atoms. The maximum absolute atomic E-state index is 12.4. The van der Waals surface area contributed by atoms with E-state index in [4.69, 9.17) is 5.73 Å². The Hall–Kier alpha value is -2.08. The lowest BCUT2D eigenvalue weighted by Gasteiger charge is -2.40. The third-order valence-electron chi connectivity index (χ3n) is 6.19. The Morgan fingerprint density at radius 3 is 2.28 bits per heavy atom. The van der Waals surface area contributed by atoms with Crippen molar-refractivity contribution < 1.29 is 9.59 Å². The van der Waals surface area contributed by atoms with Crippen LogP contribution < -0.4 is 11.1 Å². The SMILES string of the molecule is NC(=O)c1ccc(NC(=O)N2CCN(C3CC4CCC3C4)CC2)cc1. The number of nitrogens with two attached hydrogens (primary N) is 1. The number of benzene rings is 1. The fourth-order valence-corrected chi connectivity index (χ4v) is 4.84. The average molecular weight is 342 g/mol. The van der Waals surface area contributed by atoms with Gasteiger partial charge in [0, 0.05) is 43.5 Å². The zero-order valence-electron chi connectivity index (χ0n) is 14.5. The Balaban J connectivity index is 1.28. The largest absolute Gasteiger partial charge is 0.366 e. The van der Waals surface area contributed by atoms with Gasteiger partial charge in [-0.1, -0.05) is 6.42 Å². The second-order valence-electron chi connectivity index (χ2n) is 7.64. The topological polar surface area (TPSA) is 78.7 Å². The van der Waals surface area contributed by atoms with Crippen molar-refractivity contribution in [1.29, 1.82) is 0 Å². The second-order valence-corrected chi connectivity index (χ2v) is 7.64. The van der Waals surface area contributed by atoms with E-state index in [1.165, 1.54) is 25.7 Å². The molecule has 3 aliphatic rings. The van der Waals surface area contributed by atoms with Crippen molar-refractivity contribution in [3.8, 4) is 0 Å². The Morgan fingerprint density at radius 1 is 1.00 bits per heavy atom. The van der Waals surface area contributed by atoms with Crippen LogP contribution in [-0.2, 0) is 0 Å². The van der Waals surface area contributed by atoms with Gasteiger partial charge in [0.15, 0.2) is 0 Å². The number of fused-ring (bicyclic) bond motifs is 2. The summed E-state index contributed by atoms with van der Waals surface area (Å²) >= 11 is 0. The number of carbonyl (C=O) groups excluding carboxylic acids is 2. The van der Waals surface area contributed by atoms with E-state index in [9.17, 15) is 9.59 Å². The minimum absolute atomic E-state index is 0.0700. The summed E-state index contributed by atoms with van der Waals surface area (Å²) < 4.78 is 0. The van der Waals surface area contributed by atoms with E-state index in [0.29, 0.717) is 11.3 Å². The van der Waals surface area contributed by atoms with Crippen LogP contribution in [0.25, 0.3) is 0 Å². The third-order valence-corrected chi connectivity index (χ3v) is 6.19. The van der Waals surface area contributed by atoms with Gasteiger partial charge in [0.25, 0.3) is 0 Å². The number of nitrogens with zero attached hydrogens (tertiary/aromatic N) is 2. The van der Waals surface area contributed by atoms with Gasteiger partial charge in [-0.05, 0) is 55.4 Å². The minimum atomic E-state index is -0.463. The van der Waals surface area contributed by atoms with E-state index in [-0.39, 0.29) is 6.03 Å². The Bertz CT molecular complexity index is 652. The average Bonchev–Trinajstić information content (AvgIpc) is 3.25. The standard InChI is InChI=1S/C19H26N4O2/c20-18(24)14-3-5-16(6-4-14)21-19(25)23-9-7-22(8-10-23)17-12-13-1-2-15(17)11-13/h3-6,13,15,17H,1-2,7-12H2,(H2,20,24)(H,21,25). The predicted molar refractivity (Wildman–Crippen MR) is 96.4 cm³/mol. The van der Waals surface area contributed by atoms with Crippen LogP contribution in [-0.4, -0.2) is 54.0 Å². The zero-order valence-corrected chi connectivity index (χ0v) is 14.5. The van der Waals surface area contributed by atoms with Gasteiger partial charge < -0.3 is 16.0 Å². The summed E-state index contributed by atoms with van der Waals surface area (Å²) in [5.41, 5.74) is 6.36. The Morgan fingerprint density at radius 2 is 1.72 bits per heavy atom. The molecular weight excluding hydrogens is 316 g/mol. The van der Waals surface area contributed by atoms with Crippen molar-refractivity contribution in [2.24, 2.45) is 17.6 Å². The molecule has 0 radical (unpaired) electrons. The number of carbonyl (C=O) groups is 2. The van der Waals surface area contributed by atoms with Gasteiger partial charge in [0.05, 0.1) is 0 Å². The molecule has 6 nitrogen and oxygen atoms in total. The molecule has 1 saturated heterocycles. The summed E-state index contributed by atoms with van der Waals surface area (Å²) in [6, 6.07) is 7.37. The number of hydrogen-bond donors (Lipinski definition) is 2. The fraction of sp³-hybridized carbons (Fsp3) is 0.579. The van der Waals surface area contributed by atoms with E-state index in [1.54, 1.807) is 24.3 Å². The first-order chi connectivity index (χ1) is 12.1. The predicted octanol–water partition coefficient (Wildman–Crippen LogP) is 2.12. The van der Waals surface area contributed by atoms with Crippen molar-refractivity contribution >= 4 is 17.6 Å². The van der Waals surface area contributed by atoms with Gasteiger partial charge >= 0.3 is 6.03 Å². The number of hydrogen-bond acceptors (Lipinski definition) is 3. The van der Waals surface area contributed by atoms with Gasteiger partial charge in [-0.3, -0.25) is 9.69 Å². The molecule has 0 spiro atoms. The smallest absolute Gasteiger partial charge is 0.321 e. The molecule has 6 heteroatoms. The fourth-order valence-electron chi connectivity index (χ4n) is 4.84. The van der Waals surface area contributed by atoms with E-state index < -0.39 is 5.91 Å². The highest BCUT2D eigenvalue weighted by Gasteiger charge is 2.42. The number of primary amides is 1. The van der Waals surface area contributed by atoms with Crippen LogP contribution in [0.4, 0.5) is 10.5 Å². The molecule has 3 unspecified atom stereocenters. The number of nitrogens with one attached hydrogen (secondary N) is 1. The van der Waals surface area contributed by atoms with Crippen molar-refractivity contribution in [3.63, 3.8) is 0 Å². The van der Waals surface area contributed by atoms with Gasteiger partial charge in [0.1, 0.15) is 0 Å². The number of piperazine rings is 1. The van der Waals surface area contributed by atoms with Crippen LogP contribution >= 0.6 is 0 Å². The van der Waals surface area contributed by atoms with E-state index in [0.717, 1.165) is 44.1 Å². The van der Waals surface area contributed by atoms with E-state index >= 15 is 0 Å². The van der Waals surface area contributed by atoms with Gasteiger partial charge in [0.2, 0.25) is 5.91 Å². The summed E-state index contributed by atoms with van der Waals surface area (Å²) in [6.07, 6.45) is 5.62. The van der Waals surface area contributed by atoms with Gasteiger partial charge in [-0.15, -0.1) is 0 Å². The maximum Gasteiger partial charge on any atom is 0.321 e. The first kappa shape index (κ1) is 16.4. The Kier molecular flexibility index (Phi) is 4.37. The number of anilines is 1. The Labute approximate surface area is 148 Å². The summed E-state index contributed by atoms with van der Waals surface area (Å²) in [7, 11) is 0. The molecule has 3 fully saturated rings. The molecular formula is C19H26N4O2. The molecule has 0 aromatic heterocycles. The van der Waals surface area contributed by atoms with Gasteiger partial charge in [-0.25, -0.2) is 4.79 Å². The molecule has 1 aliphatic heterocycles. The number of urea groups is 1. The molecule has 25 heavy (non-hydrogen) atoms. The monoisotopic (exact) mass is 342 g/mol. The molecule has 4 rings (SSSR count). The summed E-state index contributed by atoms with van der Waals surface area (Å²) in [5.74, 6) is 1.39. The van der Waals surface area contributed by atoms with Crippen molar-refractivity contribution in [3.05, 3.63) is 29.8 Å². The highest BCUT2D eigenvalue weighted by molar-refractivity contribution is 5.94. The lowest BCUT2D eigenvalue weighted by Crippen LogP contribution is -2.53. The van der Waals surface area contributed by atoms with Crippen molar-refractivity contribution in [2.75, 3.05) is 31.5 Å². The maximum atomic E-state index is 12.4. The zero-order chi connectivity index (χ0) is 17.4. The molecule has 134 valence electrons. The van der Waals surface area contributed by atoms with Gasteiger partial charge in [-0.2, -0.15) is 0 Å².